The summed E-state index contributed by atoms with van der Waals surface area (Å²) in [5.74, 6) is -0.199. The first kappa shape index (κ1) is 24.1. The van der Waals surface area contributed by atoms with E-state index in [0.717, 1.165) is 33.9 Å². The number of fused-ring (bicyclic) bond motifs is 1. The molecule has 2 atom stereocenters. The van der Waals surface area contributed by atoms with E-state index in [1.807, 2.05) is 56.3 Å². The van der Waals surface area contributed by atoms with Gasteiger partial charge < -0.3 is 9.88 Å². The van der Waals surface area contributed by atoms with E-state index < -0.39 is 17.6 Å². The van der Waals surface area contributed by atoms with Gasteiger partial charge >= 0.3 is 6.18 Å². The molecular weight excluding hydrogens is 457 g/mol. The summed E-state index contributed by atoms with van der Waals surface area (Å²) >= 11 is 1.11. The maximum Gasteiger partial charge on any atom is 0.397 e. The molecule has 0 aliphatic carbocycles. The van der Waals surface area contributed by atoms with Crippen molar-refractivity contribution in [2.24, 2.45) is 12.5 Å². The first-order chi connectivity index (χ1) is 16.1. The molecule has 178 valence electrons. The van der Waals surface area contributed by atoms with Crippen LogP contribution in [0.15, 0.2) is 72.1 Å². The molecule has 0 amide bonds. The Labute approximate surface area is 201 Å². The fourth-order valence-corrected chi connectivity index (χ4v) is 5.22. The SMILES string of the molecule is Cc1ccc2c(NC(c3ccccc3C)C(C)(CSc3nccn3C)C(F)(F)F)cccc2n1. The number of alkyl halides is 3. The number of pyridine rings is 1. The number of halogens is 3. The predicted octanol–water partition coefficient (Wildman–Crippen LogP) is 7.10. The zero-order valence-corrected chi connectivity index (χ0v) is 20.3. The monoisotopic (exact) mass is 484 g/mol. The summed E-state index contributed by atoms with van der Waals surface area (Å²) in [6.45, 7) is 5.03. The molecule has 4 aromatic rings. The minimum absolute atomic E-state index is 0.199. The van der Waals surface area contributed by atoms with Crippen molar-refractivity contribution < 1.29 is 13.2 Å². The second kappa shape index (κ2) is 9.33. The molecule has 0 radical (unpaired) electrons. The van der Waals surface area contributed by atoms with Crippen molar-refractivity contribution in [3.8, 4) is 0 Å². The van der Waals surface area contributed by atoms with Gasteiger partial charge in [-0.15, -0.1) is 0 Å². The van der Waals surface area contributed by atoms with E-state index in [0.29, 0.717) is 16.4 Å². The fraction of sp³-hybridized carbons (Fsp3) is 0.308. The zero-order chi connectivity index (χ0) is 24.5. The molecule has 8 heteroatoms. The topological polar surface area (TPSA) is 42.7 Å². The third kappa shape index (κ3) is 4.64. The van der Waals surface area contributed by atoms with Crippen molar-refractivity contribution in [1.29, 1.82) is 0 Å². The van der Waals surface area contributed by atoms with E-state index >= 15 is 0 Å². The number of benzene rings is 2. The van der Waals surface area contributed by atoms with Crippen LogP contribution >= 0.6 is 11.8 Å². The van der Waals surface area contributed by atoms with Crippen LogP contribution in [0.1, 0.15) is 29.8 Å². The van der Waals surface area contributed by atoms with Crippen LogP contribution in [-0.4, -0.2) is 26.5 Å². The third-order valence-electron chi connectivity index (χ3n) is 6.23. The van der Waals surface area contributed by atoms with Crippen LogP contribution in [0.4, 0.5) is 18.9 Å². The lowest BCUT2D eigenvalue weighted by Gasteiger charge is -2.41. The van der Waals surface area contributed by atoms with Crippen molar-refractivity contribution in [2.45, 2.75) is 38.1 Å². The first-order valence-electron chi connectivity index (χ1n) is 11.0. The van der Waals surface area contributed by atoms with E-state index in [9.17, 15) is 13.2 Å². The molecule has 2 aromatic carbocycles. The van der Waals surface area contributed by atoms with Gasteiger partial charge in [0.05, 0.1) is 17.0 Å². The Balaban J connectivity index is 1.83. The number of rotatable bonds is 7. The molecule has 4 rings (SSSR count). The lowest BCUT2D eigenvalue weighted by atomic mass is 9.78. The minimum atomic E-state index is -4.48. The second-order valence-corrected chi connectivity index (χ2v) is 9.73. The summed E-state index contributed by atoms with van der Waals surface area (Å²) in [5, 5.41) is 4.62. The third-order valence-corrected chi connectivity index (χ3v) is 7.63. The highest BCUT2D eigenvalue weighted by Gasteiger charge is 2.56. The number of nitrogens with zero attached hydrogens (tertiary/aromatic N) is 3. The smallest absolute Gasteiger partial charge is 0.377 e. The highest BCUT2D eigenvalue weighted by molar-refractivity contribution is 7.99. The average molecular weight is 485 g/mol. The number of anilines is 1. The van der Waals surface area contributed by atoms with Crippen LogP contribution in [0.25, 0.3) is 10.9 Å². The van der Waals surface area contributed by atoms with Gasteiger partial charge in [0.25, 0.3) is 0 Å². The van der Waals surface area contributed by atoms with E-state index in [4.69, 9.17) is 0 Å². The Morgan fingerprint density at radius 2 is 1.79 bits per heavy atom. The minimum Gasteiger partial charge on any atom is -0.377 e. The van der Waals surface area contributed by atoms with E-state index in [-0.39, 0.29) is 5.75 Å². The average Bonchev–Trinajstić information content (AvgIpc) is 3.20. The number of imidazole rings is 1. The molecule has 0 saturated carbocycles. The molecule has 0 spiro atoms. The molecule has 0 fully saturated rings. The van der Waals surface area contributed by atoms with Crippen molar-refractivity contribution in [3.05, 3.63) is 83.8 Å². The van der Waals surface area contributed by atoms with E-state index in [1.165, 1.54) is 6.92 Å². The number of thioether (sulfide) groups is 1. The van der Waals surface area contributed by atoms with Gasteiger partial charge in [0.1, 0.15) is 0 Å². The van der Waals surface area contributed by atoms with E-state index in [1.54, 1.807) is 36.1 Å². The molecular formula is C26H27F3N4S. The van der Waals surface area contributed by atoms with Crippen LogP contribution in [0.2, 0.25) is 0 Å². The molecule has 2 unspecified atom stereocenters. The lowest BCUT2D eigenvalue weighted by Crippen LogP contribution is -2.46. The summed E-state index contributed by atoms with van der Waals surface area (Å²) in [4.78, 5) is 8.76. The number of aromatic nitrogens is 3. The maximum absolute atomic E-state index is 14.9. The second-order valence-electron chi connectivity index (χ2n) is 8.78. The maximum atomic E-state index is 14.9. The predicted molar refractivity (Wildman–Crippen MR) is 132 cm³/mol. The van der Waals surface area contributed by atoms with Gasteiger partial charge in [-0.1, -0.05) is 42.1 Å². The Hall–Kier alpha value is -3.00. The Kier molecular flexibility index (Phi) is 6.62. The van der Waals surface area contributed by atoms with Crippen LogP contribution in [0.3, 0.4) is 0 Å². The highest BCUT2D eigenvalue weighted by atomic mass is 32.2. The summed E-state index contributed by atoms with van der Waals surface area (Å²) in [5.41, 5.74) is 1.52. The summed E-state index contributed by atoms with van der Waals surface area (Å²) in [7, 11) is 1.78. The number of hydrogen-bond acceptors (Lipinski definition) is 4. The van der Waals surface area contributed by atoms with Crippen LogP contribution in [-0.2, 0) is 7.05 Å². The van der Waals surface area contributed by atoms with Crippen molar-refractivity contribution in [2.75, 3.05) is 11.1 Å². The van der Waals surface area contributed by atoms with Gasteiger partial charge in [-0.3, -0.25) is 4.98 Å². The van der Waals surface area contributed by atoms with Crippen molar-refractivity contribution in [1.82, 2.24) is 14.5 Å². The molecule has 0 aliphatic rings. The van der Waals surface area contributed by atoms with Gasteiger partial charge in [0.2, 0.25) is 0 Å². The molecule has 4 nitrogen and oxygen atoms in total. The summed E-state index contributed by atoms with van der Waals surface area (Å²) < 4.78 is 46.4. The van der Waals surface area contributed by atoms with Gasteiger partial charge in [-0.05, 0) is 56.2 Å². The molecule has 0 saturated heterocycles. The molecule has 2 heterocycles. The van der Waals surface area contributed by atoms with Gasteiger partial charge in [0.15, 0.2) is 5.16 Å². The summed E-state index contributed by atoms with van der Waals surface area (Å²) in [6, 6.07) is 15.5. The quantitative estimate of drug-likeness (QED) is 0.284. The van der Waals surface area contributed by atoms with Crippen molar-refractivity contribution >= 4 is 28.4 Å². The van der Waals surface area contributed by atoms with Crippen LogP contribution in [0.5, 0.6) is 0 Å². The van der Waals surface area contributed by atoms with E-state index in [2.05, 4.69) is 15.3 Å². The Bertz CT molecular complexity index is 1300. The molecule has 0 bridgehead atoms. The van der Waals surface area contributed by atoms with Crippen LogP contribution < -0.4 is 5.32 Å². The summed E-state index contributed by atoms with van der Waals surface area (Å²) in [6.07, 6.45) is -1.16. The first-order valence-corrected chi connectivity index (χ1v) is 11.9. The Morgan fingerprint density at radius 1 is 1.03 bits per heavy atom. The highest BCUT2D eigenvalue weighted by Crippen LogP contribution is 2.52. The molecule has 34 heavy (non-hydrogen) atoms. The Morgan fingerprint density at radius 3 is 2.47 bits per heavy atom. The van der Waals surface area contributed by atoms with Gasteiger partial charge in [-0.25, -0.2) is 4.98 Å². The standard InChI is InChI=1S/C26H27F3N4S/c1-17-8-5-6-9-19(17)23(32-22-11-7-10-21-20(22)13-12-18(2)31-21)25(3,26(27,28)29)16-34-24-30-14-15-33(24)4/h5-15,23,32H,16H2,1-4H3. The largest absolute Gasteiger partial charge is 0.397 e. The van der Waals surface area contributed by atoms with Gasteiger partial charge in [0, 0.05) is 42.0 Å². The molecule has 0 aliphatic heterocycles. The van der Waals surface area contributed by atoms with Crippen molar-refractivity contribution in [3.63, 3.8) is 0 Å². The molecule has 1 N–H and O–H groups in total. The number of aryl methyl sites for hydroxylation is 3. The van der Waals surface area contributed by atoms with Gasteiger partial charge in [-0.2, -0.15) is 13.2 Å². The zero-order valence-electron chi connectivity index (χ0n) is 19.5. The number of hydrogen-bond donors (Lipinski definition) is 1. The lowest BCUT2D eigenvalue weighted by molar-refractivity contribution is -0.215. The normalized spacial score (nSPS) is 14.7. The number of nitrogens with one attached hydrogen (secondary N) is 1. The fourth-order valence-electron chi connectivity index (χ4n) is 4.06. The molecule has 2 aromatic heterocycles. The van der Waals surface area contributed by atoms with Crippen LogP contribution in [0, 0.1) is 19.3 Å².